The van der Waals surface area contributed by atoms with Crippen LogP contribution in [0.5, 0.6) is 0 Å². The van der Waals surface area contributed by atoms with E-state index < -0.39 is 17.2 Å². The summed E-state index contributed by atoms with van der Waals surface area (Å²) in [5.74, 6) is -1.28. The van der Waals surface area contributed by atoms with Crippen molar-refractivity contribution < 1.29 is 14.0 Å². The lowest BCUT2D eigenvalue weighted by Gasteiger charge is -2.10. The molecule has 1 heterocycles. The van der Waals surface area contributed by atoms with Gasteiger partial charge in [-0.15, -0.1) is 0 Å². The molecule has 2 aromatic carbocycles. The fraction of sp³-hybridized carbons (Fsp3) is 0.105. The van der Waals surface area contributed by atoms with E-state index in [1.165, 1.54) is 42.0 Å². The molecule has 3 aromatic rings. The molecule has 1 N–H and O–H groups in total. The Balaban J connectivity index is 2.04. The van der Waals surface area contributed by atoms with Crippen molar-refractivity contribution in [3.05, 3.63) is 75.8 Å². The van der Waals surface area contributed by atoms with Crippen molar-refractivity contribution in [2.45, 2.75) is 6.92 Å². The van der Waals surface area contributed by atoms with Gasteiger partial charge in [-0.1, -0.05) is 18.2 Å². The molecule has 0 aliphatic carbocycles. The molecular weight excluding hydrogens is 323 g/mol. The number of fused-ring (bicyclic) bond motifs is 1. The molecule has 5 nitrogen and oxygen atoms in total. The number of benzene rings is 2. The molecule has 0 fully saturated rings. The summed E-state index contributed by atoms with van der Waals surface area (Å²) >= 11 is 0. The topological polar surface area (TPSA) is 68.2 Å². The average Bonchev–Trinajstić information content (AvgIpc) is 2.58. The minimum absolute atomic E-state index is 0.103. The molecular formula is C19H15FN2O3. The first kappa shape index (κ1) is 16.6. The van der Waals surface area contributed by atoms with Gasteiger partial charge >= 0.3 is 0 Å². The molecule has 3 rings (SSSR count). The standard InChI is InChI=1S/C19H15FN2O3/c1-11(23)12-5-3-6-13(9-12)21-19(25)15-10-22(2)17-14(18(15)24)7-4-8-16(17)20/h3-10H,1-2H3,(H,21,25). The Labute approximate surface area is 142 Å². The molecule has 6 heteroatoms. The van der Waals surface area contributed by atoms with E-state index in [2.05, 4.69) is 5.32 Å². The molecule has 0 aliphatic heterocycles. The van der Waals surface area contributed by atoms with Crippen LogP contribution in [0.3, 0.4) is 0 Å². The second-order valence-electron chi connectivity index (χ2n) is 5.71. The van der Waals surface area contributed by atoms with Crippen LogP contribution in [0.1, 0.15) is 27.6 Å². The molecule has 1 amide bonds. The van der Waals surface area contributed by atoms with E-state index in [1.54, 1.807) is 25.2 Å². The second kappa shape index (κ2) is 6.32. The summed E-state index contributed by atoms with van der Waals surface area (Å²) in [4.78, 5) is 36.5. The van der Waals surface area contributed by atoms with Gasteiger partial charge in [-0.05, 0) is 31.2 Å². The van der Waals surface area contributed by atoms with Gasteiger partial charge in [0.05, 0.1) is 5.52 Å². The third kappa shape index (κ3) is 3.06. The predicted octanol–water partition coefficient (Wildman–Crippen LogP) is 3.13. The molecule has 0 spiro atoms. The third-order valence-electron chi connectivity index (χ3n) is 3.92. The largest absolute Gasteiger partial charge is 0.347 e. The molecule has 0 radical (unpaired) electrons. The van der Waals surface area contributed by atoms with Gasteiger partial charge in [0, 0.05) is 29.9 Å². The van der Waals surface area contributed by atoms with Crippen molar-refractivity contribution >= 4 is 28.3 Å². The number of nitrogens with one attached hydrogen (secondary N) is 1. The van der Waals surface area contributed by atoms with E-state index in [1.807, 2.05) is 0 Å². The van der Waals surface area contributed by atoms with Crippen LogP contribution in [0.25, 0.3) is 10.9 Å². The highest BCUT2D eigenvalue weighted by Crippen LogP contribution is 2.16. The van der Waals surface area contributed by atoms with Crippen LogP contribution in [0, 0.1) is 5.82 Å². The lowest BCUT2D eigenvalue weighted by molar-refractivity contribution is 0.101. The first-order chi connectivity index (χ1) is 11.9. The molecule has 126 valence electrons. The van der Waals surface area contributed by atoms with Crippen LogP contribution in [0.2, 0.25) is 0 Å². The predicted molar refractivity (Wildman–Crippen MR) is 93.5 cm³/mol. The van der Waals surface area contributed by atoms with E-state index in [4.69, 9.17) is 0 Å². The average molecular weight is 338 g/mol. The number of hydrogen-bond donors (Lipinski definition) is 1. The fourth-order valence-corrected chi connectivity index (χ4v) is 2.70. The molecule has 1 aromatic heterocycles. The summed E-state index contributed by atoms with van der Waals surface area (Å²) in [7, 11) is 1.57. The van der Waals surface area contributed by atoms with Crippen LogP contribution in [-0.4, -0.2) is 16.3 Å². The highest BCUT2D eigenvalue weighted by molar-refractivity contribution is 6.06. The highest BCUT2D eigenvalue weighted by Gasteiger charge is 2.16. The smallest absolute Gasteiger partial charge is 0.261 e. The lowest BCUT2D eigenvalue weighted by atomic mass is 10.1. The van der Waals surface area contributed by atoms with Crippen molar-refractivity contribution in [2.75, 3.05) is 5.32 Å². The number of amides is 1. The van der Waals surface area contributed by atoms with E-state index >= 15 is 0 Å². The van der Waals surface area contributed by atoms with Gasteiger partial charge in [0.1, 0.15) is 11.4 Å². The van der Waals surface area contributed by atoms with Crippen molar-refractivity contribution in [3.8, 4) is 0 Å². The minimum Gasteiger partial charge on any atom is -0.347 e. The van der Waals surface area contributed by atoms with Gasteiger partial charge in [-0.25, -0.2) is 4.39 Å². The number of nitrogens with zero attached hydrogens (tertiary/aromatic N) is 1. The Morgan fingerprint density at radius 3 is 2.56 bits per heavy atom. The number of carbonyl (C=O) groups is 2. The summed E-state index contributed by atoms with van der Waals surface area (Å²) in [5.41, 5.74) is 0.342. The number of carbonyl (C=O) groups excluding carboxylic acids is 2. The maximum absolute atomic E-state index is 13.9. The molecule has 0 aliphatic rings. The number of anilines is 1. The van der Waals surface area contributed by atoms with E-state index in [0.717, 1.165) is 0 Å². The molecule has 25 heavy (non-hydrogen) atoms. The van der Waals surface area contributed by atoms with Gasteiger partial charge in [-0.2, -0.15) is 0 Å². The van der Waals surface area contributed by atoms with Gasteiger partial charge in [0.15, 0.2) is 5.78 Å². The Hall–Kier alpha value is -3.28. The summed E-state index contributed by atoms with van der Waals surface area (Å²) in [6, 6.07) is 10.6. The summed E-state index contributed by atoms with van der Waals surface area (Å²) in [5, 5.41) is 2.73. The van der Waals surface area contributed by atoms with Gasteiger partial charge in [0.2, 0.25) is 5.43 Å². The zero-order valence-corrected chi connectivity index (χ0v) is 13.7. The summed E-state index contributed by atoms with van der Waals surface area (Å²) in [6.07, 6.45) is 1.30. The minimum atomic E-state index is -0.618. The number of Topliss-reactive ketones (excluding diaryl/α,β-unsaturated/α-hetero) is 1. The Bertz CT molecular complexity index is 1070. The lowest BCUT2D eigenvalue weighted by Crippen LogP contribution is -2.23. The SMILES string of the molecule is CC(=O)c1cccc(NC(=O)c2cn(C)c3c(F)cccc3c2=O)c1. The Morgan fingerprint density at radius 2 is 1.84 bits per heavy atom. The van der Waals surface area contributed by atoms with Crippen LogP contribution >= 0.6 is 0 Å². The fourth-order valence-electron chi connectivity index (χ4n) is 2.70. The van der Waals surface area contributed by atoms with Gasteiger partial charge < -0.3 is 9.88 Å². The van der Waals surface area contributed by atoms with Crippen molar-refractivity contribution in [1.82, 2.24) is 4.57 Å². The van der Waals surface area contributed by atoms with Crippen molar-refractivity contribution in [2.24, 2.45) is 7.05 Å². The number of pyridine rings is 1. The van der Waals surface area contributed by atoms with Crippen LogP contribution in [0.4, 0.5) is 10.1 Å². The maximum atomic E-state index is 13.9. The van der Waals surface area contributed by atoms with E-state index in [-0.39, 0.29) is 22.2 Å². The normalized spacial score (nSPS) is 10.7. The van der Waals surface area contributed by atoms with Crippen LogP contribution in [-0.2, 0) is 7.05 Å². The maximum Gasteiger partial charge on any atom is 0.261 e. The number of halogens is 1. The van der Waals surface area contributed by atoms with Gasteiger partial charge in [0.25, 0.3) is 5.91 Å². The van der Waals surface area contributed by atoms with E-state index in [9.17, 15) is 18.8 Å². The monoisotopic (exact) mass is 338 g/mol. The quantitative estimate of drug-likeness (QED) is 0.746. The number of aryl methyl sites for hydroxylation is 1. The van der Waals surface area contributed by atoms with Crippen LogP contribution in [0.15, 0.2) is 53.5 Å². The molecule has 0 saturated carbocycles. The molecule has 0 saturated heterocycles. The third-order valence-corrected chi connectivity index (χ3v) is 3.92. The molecule has 0 unspecified atom stereocenters. The second-order valence-corrected chi connectivity index (χ2v) is 5.71. The van der Waals surface area contributed by atoms with Gasteiger partial charge in [-0.3, -0.25) is 14.4 Å². The van der Waals surface area contributed by atoms with E-state index in [0.29, 0.717) is 11.3 Å². The Kier molecular flexibility index (Phi) is 4.19. The number of rotatable bonds is 3. The van der Waals surface area contributed by atoms with Crippen molar-refractivity contribution in [1.29, 1.82) is 0 Å². The number of ketones is 1. The zero-order valence-electron chi connectivity index (χ0n) is 13.7. The van der Waals surface area contributed by atoms with Crippen molar-refractivity contribution in [3.63, 3.8) is 0 Å². The number of aromatic nitrogens is 1. The molecule has 0 atom stereocenters. The molecule has 0 bridgehead atoms. The summed E-state index contributed by atoms with van der Waals surface area (Å²) in [6.45, 7) is 1.43. The number of para-hydroxylation sites is 1. The Morgan fingerprint density at radius 1 is 1.12 bits per heavy atom. The zero-order chi connectivity index (χ0) is 18.1. The number of hydrogen-bond acceptors (Lipinski definition) is 3. The highest BCUT2D eigenvalue weighted by atomic mass is 19.1. The van der Waals surface area contributed by atoms with Crippen LogP contribution < -0.4 is 10.7 Å². The summed E-state index contributed by atoms with van der Waals surface area (Å²) < 4.78 is 15.3. The first-order valence-electron chi connectivity index (χ1n) is 7.58. The first-order valence-corrected chi connectivity index (χ1v) is 7.58.